The van der Waals surface area contributed by atoms with E-state index >= 15 is 0 Å². The van der Waals surface area contributed by atoms with Gasteiger partial charge in [0.1, 0.15) is 5.82 Å². The molecule has 0 saturated heterocycles. The van der Waals surface area contributed by atoms with E-state index in [9.17, 15) is 9.59 Å². The maximum absolute atomic E-state index is 13.4. The quantitative estimate of drug-likeness (QED) is 0.495. The van der Waals surface area contributed by atoms with Crippen molar-refractivity contribution in [1.82, 2.24) is 14.5 Å². The second-order valence-corrected chi connectivity index (χ2v) is 7.92. The van der Waals surface area contributed by atoms with Crippen LogP contribution in [0, 0.1) is 6.92 Å². The summed E-state index contributed by atoms with van der Waals surface area (Å²) < 4.78 is 1.59. The van der Waals surface area contributed by atoms with Gasteiger partial charge in [-0.2, -0.15) is 0 Å². The molecule has 0 aliphatic heterocycles. The van der Waals surface area contributed by atoms with Crippen LogP contribution in [0.2, 0.25) is 0 Å². The molecule has 3 rings (SSSR count). The highest BCUT2D eigenvalue weighted by Crippen LogP contribution is 2.25. The summed E-state index contributed by atoms with van der Waals surface area (Å²) in [6, 6.07) is 14.6. The molecule has 2 aromatic carbocycles. The molecular weight excluding hydrogens is 388 g/mol. The lowest BCUT2D eigenvalue weighted by Crippen LogP contribution is -2.41. The van der Waals surface area contributed by atoms with Gasteiger partial charge < -0.3 is 10.2 Å². The summed E-state index contributed by atoms with van der Waals surface area (Å²) in [7, 11) is 1.74. The summed E-state index contributed by atoms with van der Waals surface area (Å²) in [5.74, 6) is 0.614. The predicted molar refractivity (Wildman–Crippen MR) is 126 cm³/mol. The number of benzene rings is 2. The first-order valence-electron chi connectivity index (χ1n) is 11.1. The Hall–Kier alpha value is -3.15. The minimum Gasteiger partial charge on any atom is -0.314 e. The fraction of sp³-hybridized carbons (Fsp3) is 0.400. The number of urea groups is 1. The number of rotatable bonds is 8. The summed E-state index contributed by atoms with van der Waals surface area (Å²) >= 11 is 0. The number of nitrogens with one attached hydrogen (secondary N) is 1. The number of anilines is 1. The van der Waals surface area contributed by atoms with Crippen LogP contribution in [0.4, 0.5) is 10.5 Å². The highest BCUT2D eigenvalue weighted by atomic mass is 16.2. The Kier molecular flexibility index (Phi) is 7.45. The van der Waals surface area contributed by atoms with Crippen LogP contribution in [-0.2, 0) is 7.05 Å². The van der Waals surface area contributed by atoms with Gasteiger partial charge in [0.05, 0.1) is 16.9 Å². The molecule has 1 heterocycles. The molecule has 0 aliphatic carbocycles. The van der Waals surface area contributed by atoms with Gasteiger partial charge in [0, 0.05) is 19.3 Å². The molecule has 0 aliphatic rings. The normalized spacial score (nSPS) is 12.0. The third-order valence-electron chi connectivity index (χ3n) is 5.73. The Morgan fingerprint density at radius 3 is 2.52 bits per heavy atom. The highest BCUT2D eigenvalue weighted by Gasteiger charge is 2.27. The molecule has 6 heteroatoms. The van der Waals surface area contributed by atoms with Gasteiger partial charge >= 0.3 is 6.03 Å². The van der Waals surface area contributed by atoms with Crippen LogP contribution in [-0.4, -0.2) is 27.0 Å². The van der Waals surface area contributed by atoms with Gasteiger partial charge in [0.15, 0.2) is 0 Å². The van der Waals surface area contributed by atoms with Crippen LogP contribution >= 0.6 is 0 Å². The summed E-state index contributed by atoms with van der Waals surface area (Å²) in [6.45, 7) is 6.75. The second-order valence-electron chi connectivity index (χ2n) is 7.92. The van der Waals surface area contributed by atoms with Crippen molar-refractivity contribution in [1.29, 1.82) is 0 Å². The van der Waals surface area contributed by atoms with Gasteiger partial charge in [-0.1, -0.05) is 57.0 Å². The summed E-state index contributed by atoms with van der Waals surface area (Å²) in [4.78, 5) is 33.0. The molecular formula is C25H32N4O2. The summed E-state index contributed by atoms with van der Waals surface area (Å²) in [5, 5.41) is 3.65. The van der Waals surface area contributed by atoms with E-state index in [1.54, 1.807) is 17.7 Å². The molecule has 0 fully saturated rings. The Bertz CT molecular complexity index is 1110. The van der Waals surface area contributed by atoms with Crippen molar-refractivity contribution in [3.63, 3.8) is 0 Å². The second kappa shape index (κ2) is 10.2. The average Bonchev–Trinajstić information content (AvgIpc) is 2.78. The summed E-state index contributed by atoms with van der Waals surface area (Å²) in [5.41, 5.74) is 2.37. The number of amides is 2. The van der Waals surface area contributed by atoms with Crippen molar-refractivity contribution in [2.45, 2.75) is 52.5 Å². The molecule has 31 heavy (non-hydrogen) atoms. The zero-order chi connectivity index (χ0) is 22.4. The van der Waals surface area contributed by atoms with Gasteiger partial charge in [-0.25, -0.2) is 9.78 Å². The number of hydrogen-bond donors (Lipinski definition) is 1. The fourth-order valence-corrected chi connectivity index (χ4v) is 3.91. The number of hydrogen-bond acceptors (Lipinski definition) is 3. The van der Waals surface area contributed by atoms with Crippen molar-refractivity contribution >= 4 is 22.6 Å². The largest absolute Gasteiger partial charge is 0.322 e. The van der Waals surface area contributed by atoms with Gasteiger partial charge in [-0.05, 0) is 43.5 Å². The molecule has 0 saturated carbocycles. The van der Waals surface area contributed by atoms with Gasteiger partial charge in [-0.3, -0.25) is 9.36 Å². The number of aromatic nitrogens is 2. The lowest BCUT2D eigenvalue weighted by atomic mass is 10.1. The Balaban J connectivity index is 2.01. The van der Waals surface area contributed by atoms with Crippen LogP contribution in [0.3, 0.4) is 0 Å². The number of fused-ring (bicyclic) bond motifs is 1. The topological polar surface area (TPSA) is 67.2 Å². The highest BCUT2D eigenvalue weighted by molar-refractivity contribution is 5.90. The van der Waals surface area contributed by atoms with Crippen molar-refractivity contribution in [3.05, 3.63) is 70.3 Å². The summed E-state index contributed by atoms with van der Waals surface area (Å²) in [6.07, 6.45) is 3.66. The van der Waals surface area contributed by atoms with Crippen LogP contribution in [0.1, 0.15) is 57.0 Å². The predicted octanol–water partition coefficient (Wildman–Crippen LogP) is 5.42. The lowest BCUT2D eigenvalue weighted by molar-refractivity contribution is 0.179. The monoisotopic (exact) mass is 420 g/mol. The Labute approximate surface area is 183 Å². The van der Waals surface area contributed by atoms with E-state index in [4.69, 9.17) is 4.98 Å². The van der Waals surface area contributed by atoms with Crippen LogP contribution < -0.4 is 10.9 Å². The molecule has 6 nitrogen and oxygen atoms in total. The van der Waals surface area contributed by atoms with E-state index in [1.807, 2.05) is 61.2 Å². The average molecular weight is 421 g/mol. The minimum atomic E-state index is -0.303. The molecule has 164 valence electrons. The SMILES string of the molecule is CCCCCN(C(=O)Nc1ccccc1C)C(CC)c1nc2ccccc2c(=O)n1C. The standard InChI is InChI=1S/C25H32N4O2/c1-5-7-12-17-29(25(31)27-20-15-10-8-13-18(20)3)22(6-2)23-26-21-16-11-9-14-19(21)24(30)28(23)4/h8-11,13-16,22H,5-7,12,17H2,1-4H3,(H,27,31). The van der Waals surface area contributed by atoms with Crippen molar-refractivity contribution in [2.75, 3.05) is 11.9 Å². The number of carbonyl (C=O) groups excluding carboxylic acids is 1. The van der Waals surface area contributed by atoms with Crippen LogP contribution in [0.5, 0.6) is 0 Å². The molecule has 0 spiro atoms. The number of para-hydroxylation sites is 2. The van der Waals surface area contributed by atoms with Crippen molar-refractivity contribution in [3.8, 4) is 0 Å². The molecule has 0 bridgehead atoms. The van der Waals surface area contributed by atoms with E-state index in [2.05, 4.69) is 12.2 Å². The molecule has 2 amide bonds. The molecule has 0 radical (unpaired) electrons. The van der Waals surface area contributed by atoms with Crippen molar-refractivity contribution in [2.24, 2.45) is 7.05 Å². The van der Waals surface area contributed by atoms with E-state index in [-0.39, 0.29) is 17.6 Å². The van der Waals surface area contributed by atoms with E-state index in [0.29, 0.717) is 29.7 Å². The Morgan fingerprint density at radius 1 is 1.10 bits per heavy atom. The first kappa shape index (κ1) is 22.5. The van der Waals surface area contributed by atoms with Gasteiger partial charge in [0.2, 0.25) is 0 Å². The van der Waals surface area contributed by atoms with Gasteiger partial charge in [-0.15, -0.1) is 0 Å². The third kappa shape index (κ3) is 4.95. The molecule has 1 atom stereocenters. The van der Waals surface area contributed by atoms with Crippen LogP contribution in [0.25, 0.3) is 10.9 Å². The first-order valence-corrected chi connectivity index (χ1v) is 11.1. The van der Waals surface area contributed by atoms with E-state index in [1.165, 1.54) is 0 Å². The molecule has 1 aromatic heterocycles. The lowest BCUT2D eigenvalue weighted by Gasteiger charge is -2.32. The van der Waals surface area contributed by atoms with Crippen molar-refractivity contribution < 1.29 is 4.79 Å². The number of carbonyl (C=O) groups is 1. The number of nitrogens with zero attached hydrogens (tertiary/aromatic N) is 3. The van der Waals surface area contributed by atoms with E-state index in [0.717, 1.165) is 30.5 Å². The number of aryl methyl sites for hydroxylation is 1. The fourth-order valence-electron chi connectivity index (χ4n) is 3.91. The van der Waals surface area contributed by atoms with E-state index < -0.39 is 0 Å². The van der Waals surface area contributed by atoms with Gasteiger partial charge in [0.25, 0.3) is 5.56 Å². The first-order chi connectivity index (χ1) is 15.0. The van der Waals surface area contributed by atoms with Crippen LogP contribution in [0.15, 0.2) is 53.3 Å². The smallest absolute Gasteiger partial charge is 0.314 e. The maximum Gasteiger partial charge on any atom is 0.322 e. The third-order valence-corrected chi connectivity index (χ3v) is 5.73. The number of unbranched alkanes of at least 4 members (excludes halogenated alkanes) is 2. The maximum atomic E-state index is 13.4. The molecule has 1 unspecified atom stereocenters. The minimum absolute atomic E-state index is 0.0909. The Morgan fingerprint density at radius 2 is 1.81 bits per heavy atom. The molecule has 3 aromatic rings. The zero-order valence-corrected chi connectivity index (χ0v) is 18.9. The molecule has 1 N–H and O–H groups in total. The zero-order valence-electron chi connectivity index (χ0n) is 18.9.